The van der Waals surface area contributed by atoms with Gasteiger partial charge in [-0.3, -0.25) is 0 Å². The van der Waals surface area contributed by atoms with Gasteiger partial charge in [0.15, 0.2) is 0 Å². The van der Waals surface area contributed by atoms with Gasteiger partial charge in [0.25, 0.3) is 0 Å². The van der Waals surface area contributed by atoms with Gasteiger partial charge in [-0.1, -0.05) is 54.6 Å². The van der Waals surface area contributed by atoms with Gasteiger partial charge in [0.05, 0.1) is 5.56 Å². The Morgan fingerprint density at radius 1 is 0.969 bits per heavy atom. The fraction of sp³-hybridized carbons (Fsp3) is 0.296. The minimum Gasteiger partial charge on any atom is -0.450 e. The summed E-state index contributed by atoms with van der Waals surface area (Å²) in [4.78, 5) is 15.3. The van der Waals surface area contributed by atoms with Gasteiger partial charge in [-0.25, -0.2) is 9.18 Å². The number of aryl methyl sites for hydroxylation is 1. The molecule has 1 aliphatic rings. The zero-order chi connectivity index (χ0) is 21.8. The molecule has 0 amide bonds. The molecule has 0 aromatic heterocycles. The summed E-state index contributed by atoms with van der Waals surface area (Å²) in [6, 6.07) is 22.4. The highest BCUT2D eigenvalue weighted by Gasteiger charge is 2.40. The van der Waals surface area contributed by atoms with Crippen LogP contribution in [0.2, 0.25) is 0 Å². The van der Waals surface area contributed by atoms with E-state index in [9.17, 15) is 9.18 Å². The van der Waals surface area contributed by atoms with E-state index >= 15 is 0 Å². The molecule has 1 aliphatic heterocycles. The SMILES string of the molecule is Cc1ccc(Cc2ccccc2C2(OC(=O)c3ccccc3)CCN(C)CC2)c(F)c1.Cl. The molecule has 5 heteroatoms. The van der Waals surface area contributed by atoms with Crippen LogP contribution in [-0.2, 0) is 16.8 Å². The predicted molar refractivity (Wildman–Crippen MR) is 128 cm³/mol. The van der Waals surface area contributed by atoms with Gasteiger partial charge in [-0.15, -0.1) is 12.4 Å². The molecule has 168 valence electrons. The van der Waals surface area contributed by atoms with Gasteiger partial charge < -0.3 is 9.64 Å². The molecule has 0 bridgehead atoms. The van der Waals surface area contributed by atoms with E-state index in [0.717, 1.165) is 29.8 Å². The van der Waals surface area contributed by atoms with Crippen LogP contribution >= 0.6 is 12.4 Å². The van der Waals surface area contributed by atoms with Crippen LogP contribution in [0.1, 0.15) is 45.5 Å². The Hall–Kier alpha value is -2.69. The topological polar surface area (TPSA) is 29.5 Å². The molecule has 3 aromatic carbocycles. The largest absolute Gasteiger partial charge is 0.450 e. The van der Waals surface area contributed by atoms with Crippen molar-refractivity contribution < 1.29 is 13.9 Å². The van der Waals surface area contributed by atoms with Crippen molar-refractivity contribution in [3.05, 3.63) is 106 Å². The Kier molecular flexibility index (Phi) is 7.70. The van der Waals surface area contributed by atoms with E-state index in [2.05, 4.69) is 11.9 Å². The Morgan fingerprint density at radius 3 is 2.31 bits per heavy atom. The number of carbonyl (C=O) groups is 1. The van der Waals surface area contributed by atoms with Gasteiger partial charge in [-0.2, -0.15) is 0 Å². The van der Waals surface area contributed by atoms with Crippen LogP contribution in [0.25, 0.3) is 0 Å². The van der Waals surface area contributed by atoms with E-state index in [1.807, 2.05) is 61.5 Å². The summed E-state index contributed by atoms with van der Waals surface area (Å²) in [5.41, 5.74) is 3.34. The maximum atomic E-state index is 14.6. The van der Waals surface area contributed by atoms with E-state index in [-0.39, 0.29) is 24.2 Å². The van der Waals surface area contributed by atoms with Gasteiger partial charge in [-0.05, 0) is 54.4 Å². The van der Waals surface area contributed by atoms with Crippen molar-refractivity contribution in [2.75, 3.05) is 20.1 Å². The molecule has 0 radical (unpaired) electrons. The van der Waals surface area contributed by atoms with Crippen LogP contribution in [0.5, 0.6) is 0 Å². The molecule has 0 aliphatic carbocycles. The number of esters is 1. The lowest BCUT2D eigenvalue weighted by Crippen LogP contribution is -2.44. The van der Waals surface area contributed by atoms with Gasteiger partial charge >= 0.3 is 5.97 Å². The van der Waals surface area contributed by atoms with E-state index in [1.54, 1.807) is 18.2 Å². The average molecular weight is 454 g/mol. The third-order valence-corrected chi connectivity index (χ3v) is 6.19. The number of ether oxygens (including phenoxy) is 1. The number of hydrogen-bond acceptors (Lipinski definition) is 3. The molecule has 0 spiro atoms. The molecule has 32 heavy (non-hydrogen) atoms. The highest BCUT2D eigenvalue weighted by Crippen LogP contribution is 2.40. The Bertz CT molecular complexity index is 1060. The third kappa shape index (κ3) is 5.20. The third-order valence-electron chi connectivity index (χ3n) is 6.19. The van der Waals surface area contributed by atoms with Crippen LogP contribution in [0, 0.1) is 12.7 Å². The minimum absolute atomic E-state index is 0. The van der Waals surface area contributed by atoms with Gasteiger partial charge in [0.2, 0.25) is 0 Å². The second-order valence-corrected chi connectivity index (χ2v) is 8.48. The number of hydrogen-bond donors (Lipinski definition) is 0. The number of rotatable bonds is 5. The van der Waals surface area contributed by atoms with Gasteiger partial charge in [0, 0.05) is 32.4 Å². The predicted octanol–water partition coefficient (Wildman–Crippen LogP) is 5.92. The Morgan fingerprint density at radius 2 is 1.62 bits per heavy atom. The summed E-state index contributed by atoms with van der Waals surface area (Å²) in [6.45, 7) is 3.54. The van der Waals surface area contributed by atoms with E-state index in [1.165, 1.54) is 0 Å². The number of halogens is 2. The summed E-state index contributed by atoms with van der Waals surface area (Å²) in [5, 5.41) is 0. The smallest absolute Gasteiger partial charge is 0.339 e. The summed E-state index contributed by atoms with van der Waals surface area (Å²) in [7, 11) is 2.08. The molecule has 0 N–H and O–H groups in total. The molecule has 1 heterocycles. The number of likely N-dealkylation sites (tertiary alicyclic amines) is 1. The second kappa shape index (κ2) is 10.3. The number of carbonyl (C=O) groups excluding carboxylic acids is 1. The molecule has 0 saturated carbocycles. The normalized spacial score (nSPS) is 15.6. The zero-order valence-electron chi connectivity index (χ0n) is 18.5. The lowest BCUT2D eigenvalue weighted by atomic mass is 9.80. The first-order chi connectivity index (χ1) is 15.0. The average Bonchev–Trinajstić information content (AvgIpc) is 2.78. The molecular formula is C27H29ClFNO2. The first-order valence-corrected chi connectivity index (χ1v) is 10.8. The molecule has 1 fully saturated rings. The first kappa shape index (κ1) is 24.0. The van der Waals surface area contributed by atoms with Crippen molar-refractivity contribution in [2.45, 2.75) is 31.8 Å². The summed E-state index contributed by atoms with van der Waals surface area (Å²) in [6.07, 6.45) is 1.87. The lowest BCUT2D eigenvalue weighted by Gasteiger charge is -2.41. The standard InChI is InChI=1S/C27H28FNO2.ClH/c1-20-12-13-23(25(28)18-20)19-22-10-6-7-11-24(22)27(14-16-29(2)17-15-27)31-26(30)21-8-4-3-5-9-21;/h3-13,18H,14-17,19H2,1-2H3;1H. The minimum atomic E-state index is -0.725. The van der Waals surface area contributed by atoms with E-state index < -0.39 is 5.60 Å². The van der Waals surface area contributed by atoms with Crippen LogP contribution < -0.4 is 0 Å². The van der Waals surface area contributed by atoms with Crippen LogP contribution in [0.15, 0.2) is 72.8 Å². The molecule has 4 rings (SSSR count). The maximum Gasteiger partial charge on any atom is 0.339 e. The first-order valence-electron chi connectivity index (χ1n) is 10.8. The molecule has 3 aromatic rings. The van der Waals surface area contributed by atoms with Gasteiger partial charge in [0.1, 0.15) is 11.4 Å². The van der Waals surface area contributed by atoms with Crippen LogP contribution in [0.4, 0.5) is 4.39 Å². The van der Waals surface area contributed by atoms with Crippen LogP contribution in [-0.4, -0.2) is 31.0 Å². The molecule has 0 unspecified atom stereocenters. The maximum absolute atomic E-state index is 14.6. The Labute approximate surface area is 195 Å². The van der Waals surface area contributed by atoms with Crippen molar-refractivity contribution in [3.8, 4) is 0 Å². The number of nitrogens with zero attached hydrogens (tertiary/aromatic N) is 1. The van der Waals surface area contributed by atoms with E-state index in [0.29, 0.717) is 30.4 Å². The summed E-state index contributed by atoms with van der Waals surface area (Å²) >= 11 is 0. The highest BCUT2D eigenvalue weighted by molar-refractivity contribution is 5.89. The molecule has 1 saturated heterocycles. The second-order valence-electron chi connectivity index (χ2n) is 8.48. The Balaban J connectivity index is 0.00000289. The zero-order valence-corrected chi connectivity index (χ0v) is 19.3. The van der Waals surface area contributed by atoms with Crippen molar-refractivity contribution in [2.24, 2.45) is 0 Å². The summed E-state index contributed by atoms with van der Waals surface area (Å²) < 4.78 is 20.9. The highest BCUT2D eigenvalue weighted by atomic mass is 35.5. The molecule has 0 atom stereocenters. The fourth-order valence-corrected chi connectivity index (χ4v) is 4.34. The van der Waals surface area contributed by atoms with Crippen molar-refractivity contribution in [1.82, 2.24) is 4.90 Å². The number of benzene rings is 3. The molecule has 3 nitrogen and oxygen atoms in total. The lowest BCUT2D eigenvalue weighted by molar-refractivity contribution is -0.0527. The van der Waals surface area contributed by atoms with Crippen molar-refractivity contribution >= 4 is 18.4 Å². The van der Waals surface area contributed by atoms with E-state index in [4.69, 9.17) is 4.74 Å². The summed E-state index contributed by atoms with van der Waals surface area (Å²) in [5.74, 6) is -0.519. The van der Waals surface area contributed by atoms with Crippen molar-refractivity contribution in [1.29, 1.82) is 0 Å². The number of piperidine rings is 1. The van der Waals surface area contributed by atoms with Crippen LogP contribution in [0.3, 0.4) is 0 Å². The van der Waals surface area contributed by atoms with Crippen molar-refractivity contribution in [3.63, 3.8) is 0 Å². The fourth-order valence-electron chi connectivity index (χ4n) is 4.34. The monoisotopic (exact) mass is 453 g/mol. The quantitative estimate of drug-likeness (QED) is 0.449. The molecular weight excluding hydrogens is 425 g/mol.